The van der Waals surface area contributed by atoms with E-state index in [0.29, 0.717) is 6.42 Å². The van der Waals surface area contributed by atoms with Crippen molar-refractivity contribution in [2.45, 2.75) is 49.9 Å². The maximum Gasteiger partial charge on any atom is 0.224 e. The molecule has 1 aliphatic carbocycles. The summed E-state index contributed by atoms with van der Waals surface area (Å²) in [5.74, 6) is 0.0654. The highest BCUT2D eigenvalue weighted by Gasteiger charge is 2.23. The van der Waals surface area contributed by atoms with Crippen molar-refractivity contribution in [3.05, 3.63) is 34.3 Å². The van der Waals surface area contributed by atoms with Gasteiger partial charge in [0.15, 0.2) is 0 Å². The van der Waals surface area contributed by atoms with Crippen molar-refractivity contribution in [1.29, 1.82) is 0 Å². The van der Waals surface area contributed by atoms with Gasteiger partial charge in [0, 0.05) is 10.5 Å². The van der Waals surface area contributed by atoms with E-state index < -0.39 is 0 Å². The van der Waals surface area contributed by atoms with Gasteiger partial charge in [-0.1, -0.05) is 47.3 Å². The number of rotatable bonds is 3. The van der Waals surface area contributed by atoms with Crippen LogP contribution in [0.15, 0.2) is 28.7 Å². The van der Waals surface area contributed by atoms with E-state index in [0.717, 1.165) is 29.3 Å². The number of hydrogen-bond acceptors (Lipinski definition) is 1. The van der Waals surface area contributed by atoms with Gasteiger partial charge in [-0.25, -0.2) is 0 Å². The van der Waals surface area contributed by atoms with Crippen molar-refractivity contribution in [1.82, 2.24) is 5.32 Å². The van der Waals surface area contributed by atoms with Crippen LogP contribution in [0.3, 0.4) is 0 Å². The van der Waals surface area contributed by atoms with Crippen LogP contribution in [0.25, 0.3) is 0 Å². The number of alkyl halides is 1. The third kappa shape index (κ3) is 4.81. The lowest BCUT2D eigenvalue weighted by Gasteiger charge is -2.21. The van der Waals surface area contributed by atoms with Crippen molar-refractivity contribution in [2.75, 3.05) is 0 Å². The van der Waals surface area contributed by atoms with E-state index in [1.54, 1.807) is 0 Å². The first-order valence-corrected chi connectivity index (χ1v) is 8.06. The van der Waals surface area contributed by atoms with Crippen molar-refractivity contribution in [2.24, 2.45) is 0 Å². The van der Waals surface area contributed by atoms with Crippen LogP contribution in [-0.4, -0.2) is 17.3 Å². The summed E-state index contributed by atoms with van der Waals surface area (Å²) in [5, 5.41) is 3.17. The molecule has 2 unspecified atom stereocenters. The van der Waals surface area contributed by atoms with E-state index in [9.17, 15) is 4.79 Å². The summed E-state index contributed by atoms with van der Waals surface area (Å²) in [6.45, 7) is 0. The standard InChI is InChI=1S/C15H19BrClNO/c16-12-6-4-5-11(9-12)10-15(19)18-14-8-3-1-2-7-13(14)17/h4-6,9,13-14H,1-3,7-8,10H2,(H,18,19). The molecule has 1 saturated carbocycles. The molecule has 0 aromatic heterocycles. The Balaban J connectivity index is 1.89. The molecule has 1 N–H and O–H groups in total. The topological polar surface area (TPSA) is 29.1 Å². The largest absolute Gasteiger partial charge is 0.352 e. The molecule has 1 amide bonds. The van der Waals surface area contributed by atoms with E-state index in [1.165, 1.54) is 12.8 Å². The Morgan fingerprint density at radius 2 is 2.11 bits per heavy atom. The first kappa shape index (κ1) is 14.9. The predicted octanol–water partition coefficient (Wildman–Crippen LogP) is 4.05. The molecule has 1 aromatic carbocycles. The van der Waals surface area contributed by atoms with Crippen LogP contribution >= 0.6 is 27.5 Å². The quantitative estimate of drug-likeness (QED) is 0.650. The maximum absolute atomic E-state index is 12.1. The van der Waals surface area contributed by atoms with Gasteiger partial charge in [-0.3, -0.25) is 4.79 Å². The highest BCUT2D eigenvalue weighted by molar-refractivity contribution is 9.10. The number of carbonyl (C=O) groups is 1. The summed E-state index contributed by atoms with van der Waals surface area (Å²) < 4.78 is 1.00. The second-order valence-electron chi connectivity index (χ2n) is 5.13. The molecule has 4 heteroatoms. The zero-order chi connectivity index (χ0) is 13.7. The average molecular weight is 345 g/mol. The molecule has 2 atom stereocenters. The number of halogens is 2. The fourth-order valence-electron chi connectivity index (χ4n) is 2.52. The van der Waals surface area contributed by atoms with E-state index in [4.69, 9.17) is 11.6 Å². The molecule has 2 nitrogen and oxygen atoms in total. The van der Waals surface area contributed by atoms with Crippen molar-refractivity contribution < 1.29 is 4.79 Å². The monoisotopic (exact) mass is 343 g/mol. The molecular weight excluding hydrogens is 326 g/mol. The Bertz CT molecular complexity index is 438. The van der Waals surface area contributed by atoms with E-state index in [1.807, 2.05) is 24.3 Å². The van der Waals surface area contributed by atoms with Crippen LogP contribution in [0, 0.1) is 0 Å². The van der Waals surface area contributed by atoms with E-state index in [2.05, 4.69) is 21.2 Å². The van der Waals surface area contributed by atoms with E-state index in [-0.39, 0.29) is 17.3 Å². The van der Waals surface area contributed by atoms with Gasteiger partial charge >= 0.3 is 0 Å². The normalized spacial score (nSPS) is 23.7. The second-order valence-corrected chi connectivity index (χ2v) is 6.61. The zero-order valence-corrected chi connectivity index (χ0v) is 13.2. The van der Waals surface area contributed by atoms with Crippen LogP contribution in [0.1, 0.15) is 37.7 Å². The Morgan fingerprint density at radius 1 is 1.32 bits per heavy atom. The average Bonchev–Trinajstić information content (AvgIpc) is 2.55. The molecule has 1 aromatic rings. The molecule has 19 heavy (non-hydrogen) atoms. The van der Waals surface area contributed by atoms with Crippen LogP contribution in [0.5, 0.6) is 0 Å². The van der Waals surface area contributed by atoms with Gasteiger partial charge in [0.25, 0.3) is 0 Å². The number of benzene rings is 1. The smallest absolute Gasteiger partial charge is 0.224 e. The molecule has 0 aliphatic heterocycles. The van der Waals surface area contributed by atoms with E-state index >= 15 is 0 Å². The van der Waals surface area contributed by atoms with Gasteiger partial charge in [-0.15, -0.1) is 11.6 Å². The van der Waals surface area contributed by atoms with Crippen LogP contribution in [0.2, 0.25) is 0 Å². The SMILES string of the molecule is O=C(Cc1cccc(Br)c1)NC1CCCCCC1Cl. The Labute approximate surface area is 128 Å². The molecule has 1 fully saturated rings. The van der Waals surface area contributed by atoms with Crippen molar-refractivity contribution in [3.63, 3.8) is 0 Å². The first-order valence-electron chi connectivity index (χ1n) is 6.83. The van der Waals surface area contributed by atoms with Gasteiger partial charge in [-0.2, -0.15) is 0 Å². The summed E-state index contributed by atoms with van der Waals surface area (Å²) in [7, 11) is 0. The minimum absolute atomic E-state index is 0.0654. The van der Waals surface area contributed by atoms with Gasteiger partial charge in [-0.05, 0) is 30.5 Å². The van der Waals surface area contributed by atoms with Crippen LogP contribution < -0.4 is 5.32 Å². The Hall–Kier alpha value is -0.540. The molecule has 0 heterocycles. The van der Waals surface area contributed by atoms with Gasteiger partial charge in [0.05, 0.1) is 11.8 Å². The fourth-order valence-corrected chi connectivity index (χ4v) is 3.31. The molecule has 104 valence electrons. The lowest BCUT2D eigenvalue weighted by Crippen LogP contribution is -2.41. The molecule has 2 rings (SSSR count). The zero-order valence-electron chi connectivity index (χ0n) is 10.9. The lowest BCUT2D eigenvalue weighted by molar-refractivity contribution is -0.121. The number of carbonyl (C=O) groups excluding carboxylic acids is 1. The Morgan fingerprint density at radius 3 is 2.89 bits per heavy atom. The number of amides is 1. The van der Waals surface area contributed by atoms with Crippen LogP contribution in [0.4, 0.5) is 0 Å². The minimum atomic E-state index is 0.0654. The Kier molecular flexibility index (Phi) is 5.71. The number of hydrogen-bond donors (Lipinski definition) is 1. The molecular formula is C15H19BrClNO. The second kappa shape index (κ2) is 7.30. The number of nitrogens with one attached hydrogen (secondary N) is 1. The highest BCUT2D eigenvalue weighted by atomic mass is 79.9. The van der Waals surface area contributed by atoms with Gasteiger partial charge in [0.1, 0.15) is 0 Å². The summed E-state index contributed by atoms with van der Waals surface area (Å²) in [5.41, 5.74) is 1.02. The van der Waals surface area contributed by atoms with Gasteiger partial charge < -0.3 is 5.32 Å². The third-order valence-electron chi connectivity index (χ3n) is 3.53. The molecule has 0 bridgehead atoms. The fraction of sp³-hybridized carbons (Fsp3) is 0.533. The van der Waals surface area contributed by atoms with Crippen LogP contribution in [-0.2, 0) is 11.2 Å². The molecule has 0 spiro atoms. The third-order valence-corrected chi connectivity index (χ3v) is 4.55. The molecule has 0 radical (unpaired) electrons. The summed E-state index contributed by atoms with van der Waals surface area (Å²) in [4.78, 5) is 12.1. The summed E-state index contributed by atoms with van der Waals surface area (Å²) in [6, 6.07) is 7.98. The first-order chi connectivity index (χ1) is 9.15. The summed E-state index contributed by atoms with van der Waals surface area (Å²) >= 11 is 9.75. The minimum Gasteiger partial charge on any atom is -0.352 e. The van der Waals surface area contributed by atoms with Gasteiger partial charge in [0.2, 0.25) is 5.91 Å². The maximum atomic E-state index is 12.1. The lowest BCUT2D eigenvalue weighted by atomic mass is 10.1. The predicted molar refractivity (Wildman–Crippen MR) is 82.5 cm³/mol. The highest BCUT2D eigenvalue weighted by Crippen LogP contribution is 2.22. The van der Waals surface area contributed by atoms with Crippen molar-refractivity contribution in [3.8, 4) is 0 Å². The molecule has 1 aliphatic rings. The van der Waals surface area contributed by atoms with Crippen molar-refractivity contribution >= 4 is 33.4 Å². The summed E-state index contributed by atoms with van der Waals surface area (Å²) in [6.07, 6.45) is 5.97. The molecule has 0 saturated heterocycles.